The van der Waals surface area contributed by atoms with Crippen LogP contribution in [0.15, 0.2) is 0 Å². The molecule has 0 aromatic carbocycles. The third kappa shape index (κ3) is 4.47. The molecule has 0 N–H and O–H groups in total. The molecule has 1 nitrogen and oxygen atoms in total. The Labute approximate surface area is 55.8 Å². The van der Waals surface area contributed by atoms with Gasteiger partial charge in [-0.1, -0.05) is 6.92 Å². The predicted octanol–water partition coefficient (Wildman–Crippen LogP) is 1.77. The summed E-state index contributed by atoms with van der Waals surface area (Å²) in [4.78, 5) is 0. The van der Waals surface area contributed by atoms with E-state index in [4.69, 9.17) is 4.74 Å². The molecule has 1 atom stereocenters. The minimum atomic E-state index is 0.648. The van der Waals surface area contributed by atoms with Crippen LogP contribution in [-0.2, 0) is 4.74 Å². The highest BCUT2D eigenvalue weighted by molar-refractivity contribution is 7.99. The molecule has 0 aliphatic carbocycles. The average molecular weight is 134 g/mol. The van der Waals surface area contributed by atoms with Crippen molar-refractivity contribution in [1.82, 2.24) is 0 Å². The van der Waals surface area contributed by atoms with Crippen LogP contribution in [0.5, 0.6) is 0 Å². The molecule has 0 rings (SSSR count). The molecule has 0 aliphatic rings. The molecule has 0 aliphatic heterocycles. The van der Waals surface area contributed by atoms with E-state index in [9.17, 15) is 0 Å². The van der Waals surface area contributed by atoms with Crippen LogP contribution < -0.4 is 0 Å². The zero-order valence-electron chi connectivity index (χ0n) is 5.81. The first-order valence-corrected chi connectivity index (χ1v) is 4.20. The van der Waals surface area contributed by atoms with Gasteiger partial charge in [0.2, 0.25) is 0 Å². The van der Waals surface area contributed by atoms with E-state index in [1.54, 1.807) is 0 Å². The predicted molar refractivity (Wildman–Crippen MR) is 39.5 cm³/mol. The van der Waals surface area contributed by atoms with Crippen molar-refractivity contribution in [2.45, 2.75) is 19.1 Å². The molecule has 0 aromatic heterocycles. The SMILES string of the molecule is CCOCC(C)SC. The summed E-state index contributed by atoms with van der Waals surface area (Å²) in [6, 6.07) is 0. The van der Waals surface area contributed by atoms with Crippen LogP contribution in [-0.4, -0.2) is 24.7 Å². The molecule has 0 saturated carbocycles. The molecular weight excluding hydrogens is 120 g/mol. The summed E-state index contributed by atoms with van der Waals surface area (Å²) in [5.74, 6) is 0. The number of thioether (sulfide) groups is 1. The van der Waals surface area contributed by atoms with Gasteiger partial charge in [0.05, 0.1) is 6.61 Å². The van der Waals surface area contributed by atoms with Crippen molar-refractivity contribution in [3.05, 3.63) is 0 Å². The van der Waals surface area contributed by atoms with E-state index in [-0.39, 0.29) is 0 Å². The fraction of sp³-hybridized carbons (Fsp3) is 1.00. The highest BCUT2D eigenvalue weighted by Gasteiger charge is 1.95. The Morgan fingerprint density at radius 2 is 2.25 bits per heavy atom. The van der Waals surface area contributed by atoms with Crippen LogP contribution in [0.2, 0.25) is 0 Å². The maximum absolute atomic E-state index is 5.17. The second-order valence-electron chi connectivity index (χ2n) is 1.71. The van der Waals surface area contributed by atoms with Crippen LogP contribution in [0.1, 0.15) is 13.8 Å². The number of ether oxygens (including phenoxy) is 1. The van der Waals surface area contributed by atoms with Crippen molar-refractivity contribution in [3.63, 3.8) is 0 Å². The number of rotatable bonds is 4. The number of hydrogen-bond acceptors (Lipinski definition) is 2. The standard InChI is InChI=1S/C6H14OS/c1-4-7-5-6(2)8-3/h6H,4-5H2,1-3H3. The Balaban J connectivity index is 2.86. The highest BCUT2D eigenvalue weighted by Crippen LogP contribution is 2.03. The summed E-state index contributed by atoms with van der Waals surface area (Å²) in [6.07, 6.45) is 2.10. The summed E-state index contributed by atoms with van der Waals surface area (Å²) >= 11 is 1.84. The van der Waals surface area contributed by atoms with Crippen molar-refractivity contribution in [2.24, 2.45) is 0 Å². The van der Waals surface area contributed by atoms with E-state index < -0.39 is 0 Å². The Morgan fingerprint density at radius 1 is 1.62 bits per heavy atom. The fourth-order valence-electron chi connectivity index (χ4n) is 0.352. The van der Waals surface area contributed by atoms with Gasteiger partial charge in [-0.25, -0.2) is 0 Å². The quantitative estimate of drug-likeness (QED) is 0.579. The first kappa shape index (κ1) is 8.31. The average Bonchev–Trinajstić information content (AvgIpc) is 1.83. The molecule has 0 amide bonds. The first-order valence-electron chi connectivity index (χ1n) is 2.91. The molecule has 8 heavy (non-hydrogen) atoms. The second kappa shape index (κ2) is 5.45. The Hall–Kier alpha value is 0.310. The van der Waals surface area contributed by atoms with Gasteiger partial charge in [-0.3, -0.25) is 0 Å². The van der Waals surface area contributed by atoms with Gasteiger partial charge in [0.25, 0.3) is 0 Å². The first-order chi connectivity index (χ1) is 3.81. The summed E-state index contributed by atoms with van der Waals surface area (Å²) in [5, 5.41) is 0.648. The normalized spacial score (nSPS) is 13.9. The maximum atomic E-state index is 5.17. The summed E-state index contributed by atoms with van der Waals surface area (Å²) in [6.45, 7) is 5.91. The Kier molecular flexibility index (Phi) is 5.66. The van der Waals surface area contributed by atoms with Crippen molar-refractivity contribution < 1.29 is 4.74 Å². The van der Waals surface area contributed by atoms with Gasteiger partial charge in [0, 0.05) is 11.9 Å². The molecule has 1 unspecified atom stereocenters. The summed E-state index contributed by atoms with van der Waals surface area (Å²) in [7, 11) is 0. The van der Waals surface area contributed by atoms with Gasteiger partial charge < -0.3 is 4.74 Å². The molecule has 0 heterocycles. The van der Waals surface area contributed by atoms with Gasteiger partial charge in [-0.15, -0.1) is 0 Å². The largest absolute Gasteiger partial charge is 0.381 e. The van der Waals surface area contributed by atoms with Gasteiger partial charge in [0.1, 0.15) is 0 Å². The van der Waals surface area contributed by atoms with E-state index in [1.807, 2.05) is 18.7 Å². The molecule has 0 spiro atoms. The zero-order valence-corrected chi connectivity index (χ0v) is 6.62. The fourth-order valence-corrected chi connectivity index (χ4v) is 0.584. The minimum Gasteiger partial charge on any atom is -0.381 e. The van der Waals surface area contributed by atoms with Crippen molar-refractivity contribution in [3.8, 4) is 0 Å². The smallest absolute Gasteiger partial charge is 0.0582 e. The molecule has 0 saturated heterocycles. The summed E-state index contributed by atoms with van der Waals surface area (Å²) in [5.41, 5.74) is 0. The Bertz CT molecular complexity index is 47.8. The molecule has 2 heteroatoms. The lowest BCUT2D eigenvalue weighted by Crippen LogP contribution is -2.06. The van der Waals surface area contributed by atoms with Crippen molar-refractivity contribution in [1.29, 1.82) is 0 Å². The van der Waals surface area contributed by atoms with Crippen molar-refractivity contribution >= 4 is 11.8 Å². The third-order valence-electron chi connectivity index (χ3n) is 0.959. The van der Waals surface area contributed by atoms with Crippen LogP contribution >= 0.6 is 11.8 Å². The Morgan fingerprint density at radius 3 is 2.62 bits per heavy atom. The van der Waals surface area contributed by atoms with Gasteiger partial charge in [-0.05, 0) is 13.2 Å². The molecule has 50 valence electrons. The van der Waals surface area contributed by atoms with Gasteiger partial charge in [-0.2, -0.15) is 11.8 Å². The lowest BCUT2D eigenvalue weighted by atomic mass is 10.5. The maximum Gasteiger partial charge on any atom is 0.0582 e. The monoisotopic (exact) mass is 134 g/mol. The lowest BCUT2D eigenvalue weighted by Gasteiger charge is -2.05. The van der Waals surface area contributed by atoms with Crippen LogP contribution in [0, 0.1) is 0 Å². The van der Waals surface area contributed by atoms with Crippen LogP contribution in [0.4, 0.5) is 0 Å². The summed E-state index contributed by atoms with van der Waals surface area (Å²) < 4.78 is 5.17. The second-order valence-corrected chi connectivity index (χ2v) is 2.98. The minimum absolute atomic E-state index is 0.648. The van der Waals surface area contributed by atoms with E-state index in [0.29, 0.717) is 5.25 Å². The topological polar surface area (TPSA) is 9.23 Å². The van der Waals surface area contributed by atoms with Gasteiger partial charge in [0.15, 0.2) is 0 Å². The molecule has 0 radical (unpaired) electrons. The molecule has 0 aromatic rings. The number of hydrogen-bond donors (Lipinski definition) is 0. The molecule has 0 fully saturated rings. The zero-order chi connectivity index (χ0) is 6.41. The van der Waals surface area contributed by atoms with E-state index >= 15 is 0 Å². The third-order valence-corrected chi connectivity index (χ3v) is 1.90. The molecule has 0 bridgehead atoms. The van der Waals surface area contributed by atoms with Gasteiger partial charge >= 0.3 is 0 Å². The van der Waals surface area contributed by atoms with Crippen LogP contribution in [0.25, 0.3) is 0 Å². The molecular formula is C6H14OS. The van der Waals surface area contributed by atoms with E-state index in [1.165, 1.54) is 0 Å². The van der Waals surface area contributed by atoms with Crippen LogP contribution in [0.3, 0.4) is 0 Å². The highest BCUT2D eigenvalue weighted by atomic mass is 32.2. The van der Waals surface area contributed by atoms with Crippen molar-refractivity contribution in [2.75, 3.05) is 19.5 Å². The van der Waals surface area contributed by atoms with E-state index in [0.717, 1.165) is 13.2 Å². The van der Waals surface area contributed by atoms with E-state index in [2.05, 4.69) is 13.2 Å². The lowest BCUT2D eigenvalue weighted by molar-refractivity contribution is 0.151.